The van der Waals surface area contributed by atoms with Gasteiger partial charge in [-0.1, -0.05) is 12.1 Å². The van der Waals surface area contributed by atoms with Gasteiger partial charge in [0, 0.05) is 11.7 Å². The average molecular weight is 416 g/mol. The van der Waals surface area contributed by atoms with Crippen LogP contribution in [0.15, 0.2) is 47.4 Å². The van der Waals surface area contributed by atoms with Crippen molar-refractivity contribution in [3.05, 3.63) is 59.2 Å². The van der Waals surface area contributed by atoms with Crippen LogP contribution < -0.4 is 10.0 Å². The van der Waals surface area contributed by atoms with E-state index in [1.165, 1.54) is 35.4 Å². The Morgan fingerprint density at radius 3 is 2.59 bits per heavy atom. The van der Waals surface area contributed by atoms with E-state index in [1.807, 2.05) is 18.2 Å². The van der Waals surface area contributed by atoms with Gasteiger partial charge in [0.25, 0.3) is 5.91 Å². The molecule has 0 heterocycles. The fourth-order valence-corrected chi connectivity index (χ4v) is 4.53. The normalized spacial score (nSPS) is 13.2. The first kappa shape index (κ1) is 21.0. The van der Waals surface area contributed by atoms with Gasteiger partial charge in [-0.25, -0.2) is 17.9 Å². The Balaban J connectivity index is 1.59. The molecule has 8 heteroatoms. The maximum atomic E-state index is 12.2. The highest BCUT2D eigenvalue weighted by molar-refractivity contribution is 7.89. The number of rotatable bonds is 7. The third kappa shape index (κ3) is 5.42. The summed E-state index contributed by atoms with van der Waals surface area (Å²) in [6, 6.07) is 11.0. The van der Waals surface area contributed by atoms with Crippen LogP contribution in [0.1, 0.15) is 41.8 Å². The highest BCUT2D eigenvalue weighted by Gasteiger charge is 2.18. The van der Waals surface area contributed by atoms with Crippen molar-refractivity contribution >= 4 is 27.6 Å². The van der Waals surface area contributed by atoms with Gasteiger partial charge >= 0.3 is 5.97 Å². The number of hydrogen-bond acceptors (Lipinski definition) is 5. The lowest BCUT2D eigenvalue weighted by Gasteiger charge is -2.11. The van der Waals surface area contributed by atoms with Crippen molar-refractivity contribution in [2.24, 2.45) is 0 Å². The molecule has 1 aliphatic carbocycles. The molecular weight excluding hydrogens is 392 g/mol. The lowest BCUT2D eigenvalue weighted by molar-refractivity contribution is -0.119. The minimum absolute atomic E-state index is 0.0387. The maximum Gasteiger partial charge on any atom is 0.338 e. The first-order valence-corrected chi connectivity index (χ1v) is 10.9. The lowest BCUT2D eigenvalue weighted by atomic mass is 10.1. The number of ether oxygens (including phenoxy) is 1. The van der Waals surface area contributed by atoms with Gasteiger partial charge < -0.3 is 10.1 Å². The van der Waals surface area contributed by atoms with Crippen molar-refractivity contribution in [1.29, 1.82) is 0 Å². The predicted octanol–water partition coefficient (Wildman–Crippen LogP) is 2.66. The molecule has 0 bridgehead atoms. The fraction of sp³-hybridized carbons (Fsp3) is 0.333. The van der Waals surface area contributed by atoms with Gasteiger partial charge in [0.1, 0.15) is 0 Å². The van der Waals surface area contributed by atoms with E-state index >= 15 is 0 Å². The van der Waals surface area contributed by atoms with Crippen molar-refractivity contribution in [1.82, 2.24) is 4.72 Å². The second kappa shape index (κ2) is 8.75. The van der Waals surface area contributed by atoms with Crippen molar-refractivity contribution in [2.75, 3.05) is 11.9 Å². The van der Waals surface area contributed by atoms with Gasteiger partial charge in [0.15, 0.2) is 6.61 Å². The number of hydrogen-bond donors (Lipinski definition) is 2. The lowest BCUT2D eigenvalue weighted by Crippen LogP contribution is -2.30. The molecule has 0 unspecified atom stereocenters. The maximum absolute atomic E-state index is 12.2. The van der Waals surface area contributed by atoms with Crippen LogP contribution >= 0.6 is 0 Å². The van der Waals surface area contributed by atoms with Gasteiger partial charge in [-0.15, -0.1) is 0 Å². The SMILES string of the molecule is CC(C)NS(=O)(=O)c1cccc(C(=O)OCC(=O)Nc2ccc3c(c2)CCC3)c1. The van der Waals surface area contributed by atoms with E-state index in [0.29, 0.717) is 5.69 Å². The number of carbonyl (C=O) groups is 2. The molecular formula is C21H24N2O5S. The first-order chi connectivity index (χ1) is 13.7. The third-order valence-electron chi connectivity index (χ3n) is 4.49. The van der Waals surface area contributed by atoms with Crippen molar-refractivity contribution in [2.45, 2.75) is 44.0 Å². The number of sulfonamides is 1. The Hall–Kier alpha value is -2.71. The summed E-state index contributed by atoms with van der Waals surface area (Å²) in [6.07, 6.45) is 3.17. The number of anilines is 1. The Morgan fingerprint density at radius 1 is 1.07 bits per heavy atom. The second-order valence-electron chi connectivity index (χ2n) is 7.27. The van der Waals surface area contributed by atoms with E-state index in [2.05, 4.69) is 10.0 Å². The standard InChI is InChI=1S/C21H24N2O5S/c1-14(2)23-29(26,27)19-8-4-7-17(12-19)21(25)28-13-20(24)22-18-10-9-15-5-3-6-16(15)11-18/h4,7-12,14,23H,3,5-6,13H2,1-2H3,(H,22,24). The third-order valence-corrected chi connectivity index (χ3v) is 6.14. The van der Waals surface area contributed by atoms with Crippen LogP contribution in [0.3, 0.4) is 0 Å². The van der Waals surface area contributed by atoms with Gasteiger partial charge in [-0.3, -0.25) is 4.79 Å². The van der Waals surface area contributed by atoms with Gasteiger partial charge in [0.05, 0.1) is 10.5 Å². The quantitative estimate of drug-likeness (QED) is 0.676. The Kier molecular flexibility index (Phi) is 6.34. The molecule has 2 aromatic rings. The van der Waals surface area contributed by atoms with Crippen LogP contribution in [-0.4, -0.2) is 32.9 Å². The number of aryl methyl sites for hydroxylation is 2. The van der Waals surface area contributed by atoms with E-state index < -0.39 is 28.5 Å². The molecule has 29 heavy (non-hydrogen) atoms. The molecule has 0 saturated carbocycles. The summed E-state index contributed by atoms with van der Waals surface area (Å²) in [7, 11) is -3.73. The number of amides is 1. The van der Waals surface area contributed by atoms with Crippen molar-refractivity contribution in [3.63, 3.8) is 0 Å². The Morgan fingerprint density at radius 2 is 1.83 bits per heavy atom. The van der Waals surface area contributed by atoms with Crippen LogP contribution in [0.2, 0.25) is 0 Å². The number of carbonyl (C=O) groups excluding carboxylic acids is 2. The zero-order valence-electron chi connectivity index (χ0n) is 16.4. The molecule has 0 aliphatic heterocycles. The minimum atomic E-state index is -3.73. The smallest absolute Gasteiger partial charge is 0.338 e. The van der Waals surface area contributed by atoms with E-state index in [0.717, 1.165) is 19.3 Å². The molecule has 2 aromatic carbocycles. The zero-order valence-corrected chi connectivity index (χ0v) is 17.2. The molecule has 0 spiro atoms. The fourth-order valence-electron chi connectivity index (χ4n) is 3.23. The van der Waals surface area contributed by atoms with Crippen LogP contribution in [-0.2, 0) is 32.4 Å². The van der Waals surface area contributed by atoms with Crippen LogP contribution in [0.5, 0.6) is 0 Å². The number of benzene rings is 2. The topological polar surface area (TPSA) is 102 Å². The predicted molar refractivity (Wildman–Crippen MR) is 109 cm³/mol. The average Bonchev–Trinajstić information content (AvgIpc) is 3.13. The number of nitrogens with one attached hydrogen (secondary N) is 2. The molecule has 0 saturated heterocycles. The summed E-state index contributed by atoms with van der Waals surface area (Å²) in [4.78, 5) is 24.3. The molecule has 3 rings (SSSR count). The van der Waals surface area contributed by atoms with E-state index in [4.69, 9.17) is 4.74 Å². The molecule has 0 atom stereocenters. The molecule has 1 aliphatic rings. The van der Waals surface area contributed by atoms with Crippen molar-refractivity contribution < 1.29 is 22.7 Å². The van der Waals surface area contributed by atoms with E-state index in [1.54, 1.807) is 13.8 Å². The molecule has 7 nitrogen and oxygen atoms in total. The largest absolute Gasteiger partial charge is 0.452 e. The van der Waals surface area contributed by atoms with Gasteiger partial charge in [-0.2, -0.15) is 0 Å². The monoisotopic (exact) mass is 416 g/mol. The van der Waals surface area contributed by atoms with E-state index in [-0.39, 0.29) is 16.5 Å². The molecule has 1 amide bonds. The summed E-state index contributed by atoms with van der Waals surface area (Å²) in [5.41, 5.74) is 3.26. The number of fused-ring (bicyclic) bond motifs is 1. The Bertz CT molecular complexity index is 1030. The summed E-state index contributed by atoms with van der Waals surface area (Å²) in [6.45, 7) is 2.95. The molecule has 0 fully saturated rings. The summed E-state index contributed by atoms with van der Waals surface area (Å²) < 4.78 is 32.0. The highest BCUT2D eigenvalue weighted by atomic mass is 32.2. The summed E-state index contributed by atoms with van der Waals surface area (Å²) >= 11 is 0. The molecule has 0 aromatic heterocycles. The zero-order chi connectivity index (χ0) is 21.0. The summed E-state index contributed by atoms with van der Waals surface area (Å²) in [5, 5.41) is 2.71. The second-order valence-corrected chi connectivity index (χ2v) is 8.98. The van der Waals surface area contributed by atoms with Gasteiger partial charge in [-0.05, 0) is 74.6 Å². The van der Waals surface area contributed by atoms with Crippen LogP contribution in [0.4, 0.5) is 5.69 Å². The van der Waals surface area contributed by atoms with Crippen LogP contribution in [0, 0.1) is 0 Å². The minimum Gasteiger partial charge on any atom is -0.452 e. The molecule has 2 N–H and O–H groups in total. The van der Waals surface area contributed by atoms with Gasteiger partial charge in [0.2, 0.25) is 10.0 Å². The molecule has 154 valence electrons. The number of esters is 1. The Labute approximate surface area is 170 Å². The van der Waals surface area contributed by atoms with E-state index in [9.17, 15) is 18.0 Å². The van der Waals surface area contributed by atoms with Crippen LogP contribution in [0.25, 0.3) is 0 Å². The van der Waals surface area contributed by atoms with Crippen molar-refractivity contribution in [3.8, 4) is 0 Å². The highest BCUT2D eigenvalue weighted by Crippen LogP contribution is 2.24. The molecule has 0 radical (unpaired) electrons. The summed E-state index contributed by atoms with van der Waals surface area (Å²) in [5.74, 6) is -1.22. The first-order valence-electron chi connectivity index (χ1n) is 9.46.